The van der Waals surface area contributed by atoms with Crippen LogP contribution in [-0.4, -0.2) is 47.6 Å². The quantitative estimate of drug-likeness (QED) is 0.831. The number of rotatable bonds is 4. The molecule has 0 aromatic carbocycles. The van der Waals surface area contributed by atoms with Gasteiger partial charge in [-0.1, -0.05) is 19.1 Å². The summed E-state index contributed by atoms with van der Waals surface area (Å²) in [7, 11) is 0. The summed E-state index contributed by atoms with van der Waals surface area (Å²) in [6, 6.07) is 0. The van der Waals surface area contributed by atoms with Crippen molar-refractivity contribution in [3.05, 3.63) is 11.1 Å². The standard InChI is InChI=1S/C11H18N4S2/c1-2-9-8-17-11(13-9)15-5-3-14(4-6-15)7-10(12)16/h8H,2-7H2,1H3,(H2,12,16). The zero-order valence-electron chi connectivity index (χ0n) is 10.1. The SMILES string of the molecule is CCc1csc(N2CCN(CC(N)=S)CC2)n1. The first-order chi connectivity index (χ1) is 8.19. The van der Waals surface area contributed by atoms with Gasteiger partial charge < -0.3 is 10.6 Å². The Balaban J connectivity index is 1.88. The van der Waals surface area contributed by atoms with Gasteiger partial charge in [-0.3, -0.25) is 4.90 Å². The van der Waals surface area contributed by atoms with Crippen LogP contribution in [-0.2, 0) is 6.42 Å². The van der Waals surface area contributed by atoms with Crippen LogP contribution in [0.2, 0.25) is 0 Å². The van der Waals surface area contributed by atoms with Crippen molar-refractivity contribution in [3.63, 3.8) is 0 Å². The van der Waals surface area contributed by atoms with Crippen molar-refractivity contribution in [1.29, 1.82) is 0 Å². The summed E-state index contributed by atoms with van der Waals surface area (Å²) in [4.78, 5) is 9.84. The van der Waals surface area contributed by atoms with Crippen LogP contribution >= 0.6 is 23.6 Å². The lowest BCUT2D eigenvalue weighted by molar-refractivity contribution is 0.292. The molecule has 2 heterocycles. The molecule has 0 saturated carbocycles. The number of aryl methyl sites for hydroxylation is 1. The average Bonchev–Trinajstić information content (AvgIpc) is 2.78. The summed E-state index contributed by atoms with van der Waals surface area (Å²) >= 11 is 6.67. The molecule has 1 aromatic rings. The van der Waals surface area contributed by atoms with Crippen LogP contribution in [0.15, 0.2) is 5.38 Å². The molecule has 1 saturated heterocycles. The van der Waals surface area contributed by atoms with Crippen molar-refractivity contribution >= 4 is 33.7 Å². The van der Waals surface area contributed by atoms with E-state index < -0.39 is 0 Å². The minimum absolute atomic E-state index is 0.584. The Morgan fingerprint density at radius 2 is 2.18 bits per heavy atom. The van der Waals surface area contributed by atoms with Crippen molar-refractivity contribution in [2.24, 2.45) is 5.73 Å². The van der Waals surface area contributed by atoms with E-state index >= 15 is 0 Å². The smallest absolute Gasteiger partial charge is 0.185 e. The maximum absolute atomic E-state index is 5.56. The summed E-state index contributed by atoms with van der Waals surface area (Å²) in [5.41, 5.74) is 6.75. The molecule has 1 aliphatic rings. The number of hydrogen-bond acceptors (Lipinski definition) is 5. The number of nitrogens with two attached hydrogens (primary N) is 1. The number of aromatic nitrogens is 1. The molecule has 0 atom stereocenters. The highest BCUT2D eigenvalue weighted by Crippen LogP contribution is 2.21. The van der Waals surface area contributed by atoms with Gasteiger partial charge in [-0.2, -0.15) is 0 Å². The van der Waals surface area contributed by atoms with E-state index in [1.165, 1.54) is 5.69 Å². The highest BCUT2D eigenvalue weighted by molar-refractivity contribution is 7.80. The van der Waals surface area contributed by atoms with Gasteiger partial charge in [-0.25, -0.2) is 4.98 Å². The van der Waals surface area contributed by atoms with Gasteiger partial charge in [0.1, 0.15) is 0 Å². The second kappa shape index (κ2) is 5.75. The van der Waals surface area contributed by atoms with Gasteiger partial charge >= 0.3 is 0 Å². The summed E-state index contributed by atoms with van der Waals surface area (Å²) < 4.78 is 0. The molecular formula is C11H18N4S2. The molecule has 0 spiro atoms. The number of hydrogen-bond donors (Lipinski definition) is 1. The maximum Gasteiger partial charge on any atom is 0.185 e. The Labute approximate surface area is 111 Å². The molecular weight excluding hydrogens is 252 g/mol. The molecule has 6 heteroatoms. The Bertz CT molecular complexity index is 383. The third-order valence-electron chi connectivity index (χ3n) is 2.92. The van der Waals surface area contributed by atoms with Gasteiger partial charge in [-0.15, -0.1) is 11.3 Å². The van der Waals surface area contributed by atoms with Crippen LogP contribution in [0.1, 0.15) is 12.6 Å². The predicted octanol–water partition coefficient (Wildman–Crippen LogP) is 1.11. The van der Waals surface area contributed by atoms with E-state index in [1.54, 1.807) is 11.3 Å². The minimum Gasteiger partial charge on any atom is -0.392 e. The number of nitrogens with zero attached hydrogens (tertiary/aromatic N) is 3. The van der Waals surface area contributed by atoms with E-state index in [4.69, 9.17) is 18.0 Å². The lowest BCUT2D eigenvalue weighted by atomic mass is 10.3. The Morgan fingerprint density at radius 1 is 1.47 bits per heavy atom. The second-order valence-electron chi connectivity index (χ2n) is 4.20. The van der Waals surface area contributed by atoms with Crippen molar-refractivity contribution < 1.29 is 0 Å². The topological polar surface area (TPSA) is 45.4 Å². The fourth-order valence-electron chi connectivity index (χ4n) is 1.92. The lowest BCUT2D eigenvalue weighted by Gasteiger charge is -2.34. The average molecular weight is 270 g/mol. The Hall–Kier alpha value is -0.720. The van der Waals surface area contributed by atoms with E-state index in [9.17, 15) is 0 Å². The van der Waals surface area contributed by atoms with Gasteiger partial charge in [0.05, 0.1) is 10.7 Å². The van der Waals surface area contributed by atoms with Crippen molar-refractivity contribution in [1.82, 2.24) is 9.88 Å². The summed E-state index contributed by atoms with van der Waals surface area (Å²) in [5, 5.41) is 3.30. The molecule has 4 nitrogen and oxygen atoms in total. The zero-order chi connectivity index (χ0) is 12.3. The van der Waals surface area contributed by atoms with Gasteiger partial charge in [0.2, 0.25) is 0 Å². The fraction of sp³-hybridized carbons (Fsp3) is 0.636. The van der Waals surface area contributed by atoms with Crippen LogP contribution < -0.4 is 10.6 Å². The fourth-order valence-corrected chi connectivity index (χ4v) is 3.07. The van der Waals surface area contributed by atoms with Crippen molar-refractivity contribution in [3.8, 4) is 0 Å². The second-order valence-corrected chi connectivity index (χ2v) is 5.57. The molecule has 0 amide bonds. The van der Waals surface area contributed by atoms with E-state index in [1.807, 2.05) is 0 Å². The van der Waals surface area contributed by atoms with Gasteiger partial charge in [0.15, 0.2) is 5.13 Å². The van der Waals surface area contributed by atoms with Crippen molar-refractivity contribution in [2.45, 2.75) is 13.3 Å². The van der Waals surface area contributed by atoms with Gasteiger partial charge in [-0.05, 0) is 6.42 Å². The lowest BCUT2D eigenvalue weighted by Crippen LogP contribution is -2.48. The molecule has 2 rings (SSSR count). The first kappa shape index (κ1) is 12.7. The third-order valence-corrected chi connectivity index (χ3v) is 4.00. The molecule has 1 fully saturated rings. The minimum atomic E-state index is 0.584. The molecule has 0 aliphatic carbocycles. The number of anilines is 1. The molecule has 2 N–H and O–H groups in total. The first-order valence-corrected chi connectivity index (χ1v) is 7.18. The summed E-state index contributed by atoms with van der Waals surface area (Å²) in [5.74, 6) is 0. The van der Waals surface area contributed by atoms with Crippen LogP contribution in [0.5, 0.6) is 0 Å². The van der Waals surface area contributed by atoms with Crippen LogP contribution in [0.4, 0.5) is 5.13 Å². The van der Waals surface area contributed by atoms with Gasteiger partial charge in [0.25, 0.3) is 0 Å². The monoisotopic (exact) mass is 270 g/mol. The van der Waals surface area contributed by atoms with E-state index in [2.05, 4.69) is 27.1 Å². The number of thiocarbonyl (C=S) groups is 1. The molecule has 0 bridgehead atoms. The predicted molar refractivity (Wildman–Crippen MR) is 76.9 cm³/mol. The largest absolute Gasteiger partial charge is 0.392 e. The van der Waals surface area contributed by atoms with Crippen LogP contribution in [0.3, 0.4) is 0 Å². The number of thiazole rings is 1. The van der Waals surface area contributed by atoms with Crippen LogP contribution in [0, 0.1) is 0 Å². The molecule has 0 unspecified atom stereocenters. The van der Waals surface area contributed by atoms with Crippen molar-refractivity contribution in [2.75, 3.05) is 37.6 Å². The normalized spacial score (nSPS) is 17.4. The number of piperazine rings is 1. The highest BCUT2D eigenvalue weighted by atomic mass is 32.1. The zero-order valence-corrected chi connectivity index (χ0v) is 11.7. The highest BCUT2D eigenvalue weighted by Gasteiger charge is 2.19. The molecule has 94 valence electrons. The molecule has 1 aromatic heterocycles. The Kier molecular flexibility index (Phi) is 4.31. The first-order valence-electron chi connectivity index (χ1n) is 5.89. The summed E-state index contributed by atoms with van der Waals surface area (Å²) in [6.07, 6.45) is 1.01. The van der Waals surface area contributed by atoms with E-state index in [0.717, 1.165) is 44.3 Å². The summed E-state index contributed by atoms with van der Waals surface area (Å²) in [6.45, 7) is 6.93. The van der Waals surface area contributed by atoms with E-state index in [-0.39, 0.29) is 0 Å². The van der Waals surface area contributed by atoms with E-state index in [0.29, 0.717) is 4.99 Å². The molecule has 1 aliphatic heterocycles. The van der Waals surface area contributed by atoms with Gasteiger partial charge in [0, 0.05) is 38.1 Å². The maximum atomic E-state index is 5.56. The Morgan fingerprint density at radius 3 is 2.71 bits per heavy atom. The molecule has 0 radical (unpaired) electrons. The van der Waals surface area contributed by atoms with Crippen LogP contribution in [0.25, 0.3) is 0 Å². The third kappa shape index (κ3) is 3.37. The molecule has 17 heavy (non-hydrogen) atoms.